The number of hydrogen-bond acceptors (Lipinski definition) is 3. The standard InChI is InChI=1S/C11H9BrCl2N2O/c1-2-3-6-9(13)15-11(16-10(6)14)7-4-5-8(12)17-7/h4-5H,2-3H2,1H3. The normalized spacial score (nSPS) is 10.8. The third-order valence-corrected chi connectivity index (χ3v) is 3.25. The van der Waals surface area contributed by atoms with Crippen molar-refractivity contribution in [2.24, 2.45) is 0 Å². The molecule has 0 amide bonds. The lowest BCUT2D eigenvalue weighted by molar-refractivity contribution is 0.551. The van der Waals surface area contributed by atoms with Gasteiger partial charge in [0, 0.05) is 5.56 Å². The lowest BCUT2D eigenvalue weighted by Gasteiger charge is -2.05. The monoisotopic (exact) mass is 334 g/mol. The van der Waals surface area contributed by atoms with Gasteiger partial charge in [-0.15, -0.1) is 0 Å². The van der Waals surface area contributed by atoms with Crippen LogP contribution in [0.1, 0.15) is 18.9 Å². The van der Waals surface area contributed by atoms with Crippen molar-refractivity contribution in [3.8, 4) is 11.6 Å². The van der Waals surface area contributed by atoms with Crippen LogP contribution in [0.5, 0.6) is 0 Å². The second-order valence-electron chi connectivity index (χ2n) is 3.46. The molecule has 0 atom stereocenters. The Morgan fingerprint density at radius 2 is 1.88 bits per heavy atom. The first kappa shape index (κ1) is 12.9. The fourth-order valence-corrected chi connectivity index (χ4v) is 2.32. The molecule has 0 bridgehead atoms. The van der Waals surface area contributed by atoms with Crippen LogP contribution >= 0.6 is 39.1 Å². The van der Waals surface area contributed by atoms with Gasteiger partial charge in [-0.2, -0.15) is 0 Å². The third kappa shape index (κ3) is 2.81. The molecular weight excluding hydrogens is 327 g/mol. The number of nitrogens with zero attached hydrogens (tertiary/aromatic N) is 2. The Morgan fingerprint density at radius 1 is 1.24 bits per heavy atom. The van der Waals surface area contributed by atoms with Gasteiger partial charge in [0.1, 0.15) is 10.3 Å². The second kappa shape index (κ2) is 5.38. The molecule has 0 aliphatic rings. The molecule has 0 unspecified atom stereocenters. The van der Waals surface area contributed by atoms with Crippen LogP contribution in [-0.4, -0.2) is 9.97 Å². The van der Waals surface area contributed by atoms with Gasteiger partial charge in [0.15, 0.2) is 16.3 Å². The topological polar surface area (TPSA) is 38.9 Å². The van der Waals surface area contributed by atoms with E-state index in [1.165, 1.54) is 0 Å². The maximum Gasteiger partial charge on any atom is 0.198 e. The minimum atomic E-state index is 0.384. The molecule has 2 rings (SSSR count). The highest BCUT2D eigenvalue weighted by Gasteiger charge is 2.14. The quantitative estimate of drug-likeness (QED) is 0.759. The van der Waals surface area contributed by atoms with Crippen LogP contribution in [0.3, 0.4) is 0 Å². The van der Waals surface area contributed by atoms with Crippen LogP contribution in [0, 0.1) is 0 Å². The molecule has 0 radical (unpaired) electrons. The molecule has 2 aromatic rings. The number of rotatable bonds is 3. The van der Waals surface area contributed by atoms with Crippen LogP contribution in [0.25, 0.3) is 11.6 Å². The Hall–Kier alpha value is -0.580. The number of aromatic nitrogens is 2. The minimum Gasteiger partial charge on any atom is -0.446 e. The first-order chi connectivity index (χ1) is 8.11. The van der Waals surface area contributed by atoms with Crippen molar-refractivity contribution < 1.29 is 4.42 Å². The number of hydrogen-bond donors (Lipinski definition) is 0. The predicted molar refractivity (Wildman–Crippen MR) is 71.4 cm³/mol. The molecule has 0 aliphatic heterocycles. The van der Waals surface area contributed by atoms with Gasteiger partial charge < -0.3 is 4.42 Å². The summed E-state index contributed by atoms with van der Waals surface area (Å²) in [6, 6.07) is 3.52. The molecule has 2 aromatic heterocycles. The highest BCUT2D eigenvalue weighted by molar-refractivity contribution is 9.10. The lowest BCUT2D eigenvalue weighted by Crippen LogP contribution is -1.96. The Morgan fingerprint density at radius 3 is 2.35 bits per heavy atom. The summed E-state index contributed by atoms with van der Waals surface area (Å²) >= 11 is 15.4. The van der Waals surface area contributed by atoms with Crippen molar-refractivity contribution >= 4 is 39.1 Å². The molecule has 0 aromatic carbocycles. The summed E-state index contributed by atoms with van der Waals surface area (Å²) in [5.74, 6) is 0.925. The Labute approximate surface area is 117 Å². The molecule has 17 heavy (non-hydrogen) atoms. The predicted octanol–water partition coefficient (Wildman–Crippen LogP) is 4.76. The molecule has 0 saturated carbocycles. The van der Waals surface area contributed by atoms with Crippen molar-refractivity contribution in [3.05, 3.63) is 32.7 Å². The van der Waals surface area contributed by atoms with Gasteiger partial charge in [-0.25, -0.2) is 9.97 Å². The highest BCUT2D eigenvalue weighted by atomic mass is 79.9. The van der Waals surface area contributed by atoms with Crippen LogP contribution in [0.15, 0.2) is 21.2 Å². The van der Waals surface area contributed by atoms with E-state index in [0.717, 1.165) is 18.4 Å². The summed E-state index contributed by atoms with van der Waals surface area (Å²) in [5.41, 5.74) is 0.783. The first-order valence-electron chi connectivity index (χ1n) is 5.09. The van der Waals surface area contributed by atoms with Crippen LogP contribution in [-0.2, 0) is 6.42 Å². The Kier molecular flexibility index (Phi) is 4.07. The SMILES string of the molecule is CCCc1c(Cl)nc(-c2ccc(Br)o2)nc1Cl. The molecule has 0 saturated heterocycles. The average Bonchev–Trinajstić information content (AvgIpc) is 2.70. The van der Waals surface area contributed by atoms with Gasteiger partial charge in [0.25, 0.3) is 0 Å². The van der Waals surface area contributed by atoms with Crippen molar-refractivity contribution in [2.45, 2.75) is 19.8 Å². The molecular formula is C11H9BrCl2N2O. The summed E-state index contributed by atoms with van der Waals surface area (Å²) in [5, 5.41) is 0.767. The van der Waals surface area contributed by atoms with Crippen molar-refractivity contribution in [1.82, 2.24) is 9.97 Å². The van der Waals surface area contributed by atoms with Crippen LogP contribution in [0.2, 0.25) is 10.3 Å². The first-order valence-corrected chi connectivity index (χ1v) is 6.64. The van der Waals surface area contributed by atoms with Gasteiger partial charge in [0.05, 0.1) is 0 Å². The molecule has 0 fully saturated rings. The van der Waals surface area contributed by atoms with E-state index in [2.05, 4.69) is 25.9 Å². The van der Waals surface area contributed by atoms with Crippen molar-refractivity contribution in [3.63, 3.8) is 0 Å². The molecule has 0 aliphatic carbocycles. The maximum atomic E-state index is 6.08. The lowest BCUT2D eigenvalue weighted by atomic mass is 10.2. The zero-order valence-corrected chi connectivity index (χ0v) is 12.1. The van der Waals surface area contributed by atoms with E-state index in [-0.39, 0.29) is 0 Å². The number of furan rings is 1. The van der Waals surface area contributed by atoms with E-state index in [0.29, 0.717) is 26.6 Å². The molecule has 3 nitrogen and oxygen atoms in total. The van der Waals surface area contributed by atoms with Gasteiger partial charge in [-0.05, 0) is 34.5 Å². The summed E-state index contributed by atoms with van der Waals surface area (Å²) in [6.07, 6.45) is 1.70. The summed E-state index contributed by atoms with van der Waals surface area (Å²) in [6.45, 7) is 2.05. The van der Waals surface area contributed by atoms with Crippen molar-refractivity contribution in [1.29, 1.82) is 0 Å². The minimum absolute atomic E-state index is 0.384. The Bertz CT molecular complexity index is 519. The largest absolute Gasteiger partial charge is 0.446 e. The molecule has 2 heterocycles. The fourth-order valence-electron chi connectivity index (χ4n) is 1.43. The van der Waals surface area contributed by atoms with E-state index >= 15 is 0 Å². The van der Waals surface area contributed by atoms with E-state index in [9.17, 15) is 0 Å². The summed E-state index contributed by atoms with van der Waals surface area (Å²) < 4.78 is 5.97. The Balaban J connectivity index is 2.45. The van der Waals surface area contributed by atoms with Gasteiger partial charge in [-0.1, -0.05) is 36.5 Å². The fraction of sp³-hybridized carbons (Fsp3) is 0.273. The van der Waals surface area contributed by atoms with Gasteiger partial charge in [0.2, 0.25) is 0 Å². The van der Waals surface area contributed by atoms with E-state index in [1.807, 2.05) is 6.92 Å². The van der Waals surface area contributed by atoms with Crippen molar-refractivity contribution in [2.75, 3.05) is 0 Å². The number of halogens is 3. The third-order valence-electron chi connectivity index (χ3n) is 2.20. The second-order valence-corrected chi connectivity index (χ2v) is 4.96. The van der Waals surface area contributed by atoms with E-state index < -0.39 is 0 Å². The summed E-state index contributed by atoms with van der Waals surface area (Å²) in [4.78, 5) is 8.38. The van der Waals surface area contributed by atoms with Crippen LogP contribution < -0.4 is 0 Å². The molecule has 0 spiro atoms. The highest BCUT2D eigenvalue weighted by Crippen LogP contribution is 2.28. The van der Waals surface area contributed by atoms with Gasteiger partial charge >= 0.3 is 0 Å². The zero-order chi connectivity index (χ0) is 12.4. The zero-order valence-electron chi connectivity index (χ0n) is 9.01. The average molecular weight is 336 g/mol. The molecule has 0 N–H and O–H groups in total. The molecule has 90 valence electrons. The van der Waals surface area contributed by atoms with Gasteiger partial charge in [-0.3, -0.25) is 0 Å². The maximum absolute atomic E-state index is 6.08. The molecule has 6 heteroatoms. The van der Waals surface area contributed by atoms with Crippen LogP contribution in [0.4, 0.5) is 0 Å². The summed E-state index contributed by atoms with van der Waals surface area (Å²) in [7, 11) is 0. The smallest absolute Gasteiger partial charge is 0.198 e. The van der Waals surface area contributed by atoms with E-state index in [1.54, 1.807) is 12.1 Å². The van der Waals surface area contributed by atoms with E-state index in [4.69, 9.17) is 27.6 Å².